The van der Waals surface area contributed by atoms with Gasteiger partial charge in [-0.3, -0.25) is 9.59 Å². The molecule has 0 aliphatic carbocycles. The minimum absolute atomic E-state index is 0.173. The van der Waals surface area contributed by atoms with Gasteiger partial charge in [0.05, 0.1) is 13.2 Å². The Labute approximate surface area is 166 Å². The Morgan fingerprint density at radius 3 is 2.21 bits per heavy atom. The van der Waals surface area contributed by atoms with Gasteiger partial charge in [-0.25, -0.2) is 0 Å². The number of amides is 2. The molecule has 0 fully saturated rings. The molecule has 0 saturated heterocycles. The van der Waals surface area contributed by atoms with Gasteiger partial charge < -0.3 is 15.4 Å². The lowest BCUT2D eigenvalue weighted by Crippen LogP contribution is -2.40. The van der Waals surface area contributed by atoms with Gasteiger partial charge in [-0.1, -0.05) is 69.3 Å². The zero-order valence-corrected chi connectivity index (χ0v) is 17.1. The standard InChI is InChI=1S/C23H28N2O3/c1-16(17-11-7-6-8-12-17)24-21(26)19(25-22(27)23(2,3)4)15-18-13-9-10-14-20(18)28-5/h6-16H,1-5H3,(H,24,26)(H,25,27)/b19-15-. The molecule has 0 heterocycles. The zero-order valence-electron chi connectivity index (χ0n) is 17.1. The first-order valence-corrected chi connectivity index (χ1v) is 9.24. The molecular formula is C23H28N2O3. The van der Waals surface area contributed by atoms with Crippen LogP contribution in [0.2, 0.25) is 0 Å². The van der Waals surface area contributed by atoms with Crippen LogP contribution in [-0.2, 0) is 9.59 Å². The van der Waals surface area contributed by atoms with Crippen molar-refractivity contribution in [2.45, 2.75) is 33.7 Å². The van der Waals surface area contributed by atoms with E-state index in [9.17, 15) is 9.59 Å². The smallest absolute Gasteiger partial charge is 0.268 e. The summed E-state index contributed by atoms with van der Waals surface area (Å²) < 4.78 is 5.36. The van der Waals surface area contributed by atoms with Crippen LogP contribution in [0.5, 0.6) is 5.75 Å². The van der Waals surface area contributed by atoms with Crippen LogP contribution in [0.15, 0.2) is 60.3 Å². The molecule has 2 aromatic carbocycles. The summed E-state index contributed by atoms with van der Waals surface area (Å²) in [5, 5.41) is 5.72. The predicted octanol–water partition coefficient (Wildman–Crippen LogP) is 4.08. The first-order valence-electron chi connectivity index (χ1n) is 9.24. The van der Waals surface area contributed by atoms with Crippen molar-refractivity contribution in [3.05, 3.63) is 71.4 Å². The quantitative estimate of drug-likeness (QED) is 0.742. The molecule has 5 nitrogen and oxygen atoms in total. The zero-order chi connectivity index (χ0) is 20.7. The Hall–Kier alpha value is -3.08. The molecular weight excluding hydrogens is 352 g/mol. The molecule has 2 aromatic rings. The normalized spacial score (nSPS) is 12.8. The van der Waals surface area contributed by atoms with Gasteiger partial charge in [0.2, 0.25) is 5.91 Å². The number of methoxy groups -OCH3 is 1. The van der Waals surface area contributed by atoms with Crippen molar-refractivity contribution in [1.29, 1.82) is 0 Å². The van der Waals surface area contributed by atoms with E-state index in [4.69, 9.17) is 4.74 Å². The van der Waals surface area contributed by atoms with Crippen LogP contribution in [-0.4, -0.2) is 18.9 Å². The number of benzene rings is 2. The maximum absolute atomic E-state index is 13.0. The molecule has 0 spiro atoms. The summed E-state index contributed by atoms with van der Waals surface area (Å²) in [5.41, 5.74) is 1.23. The van der Waals surface area contributed by atoms with E-state index in [0.29, 0.717) is 11.3 Å². The maximum Gasteiger partial charge on any atom is 0.268 e. The van der Waals surface area contributed by atoms with Crippen molar-refractivity contribution in [2.75, 3.05) is 7.11 Å². The highest BCUT2D eigenvalue weighted by Crippen LogP contribution is 2.21. The summed E-state index contributed by atoms with van der Waals surface area (Å²) in [5.74, 6) is 0.0185. The average Bonchev–Trinajstić information content (AvgIpc) is 2.67. The number of carbonyl (C=O) groups is 2. The molecule has 1 unspecified atom stereocenters. The van der Waals surface area contributed by atoms with Crippen LogP contribution in [0.25, 0.3) is 6.08 Å². The van der Waals surface area contributed by atoms with E-state index in [1.54, 1.807) is 40.0 Å². The van der Waals surface area contributed by atoms with E-state index < -0.39 is 5.41 Å². The molecule has 0 bridgehead atoms. The molecule has 0 radical (unpaired) electrons. The number of hydrogen-bond donors (Lipinski definition) is 2. The van der Waals surface area contributed by atoms with E-state index >= 15 is 0 Å². The molecule has 5 heteroatoms. The minimum Gasteiger partial charge on any atom is -0.496 e. The van der Waals surface area contributed by atoms with Gasteiger partial charge in [0.1, 0.15) is 11.4 Å². The molecule has 0 saturated carbocycles. The summed E-state index contributed by atoms with van der Waals surface area (Å²) in [6.07, 6.45) is 1.63. The van der Waals surface area contributed by atoms with Crippen molar-refractivity contribution in [1.82, 2.24) is 10.6 Å². The Bertz CT molecular complexity index is 852. The summed E-state index contributed by atoms with van der Waals surface area (Å²) >= 11 is 0. The van der Waals surface area contributed by atoms with Gasteiger partial charge in [0.25, 0.3) is 5.91 Å². The van der Waals surface area contributed by atoms with E-state index in [0.717, 1.165) is 5.56 Å². The number of nitrogens with one attached hydrogen (secondary N) is 2. The third-order valence-corrected chi connectivity index (χ3v) is 4.26. The Morgan fingerprint density at radius 1 is 1.00 bits per heavy atom. The van der Waals surface area contributed by atoms with Crippen molar-refractivity contribution in [3.63, 3.8) is 0 Å². The molecule has 0 aliphatic rings. The molecule has 2 amide bonds. The Balaban J connectivity index is 2.33. The highest BCUT2D eigenvalue weighted by atomic mass is 16.5. The van der Waals surface area contributed by atoms with E-state index in [-0.39, 0.29) is 23.6 Å². The minimum atomic E-state index is -0.634. The molecule has 0 aliphatic heterocycles. The van der Waals surface area contributed by atoms with Crippen LogP contribution in [0, 0.1) is 5.41 Å². The first-order chi connectivity index (χ1) is 13.2. The third kappa shape index (κ3) is 5.71. The van der Waals surface area contributed by atoms with Crippen molar-refractivity contribution < 1.29 is 14.3 Å². The van der Waals surface area contributed by atoms with Crippen LogP contribution in [0.3, 0.4) is 0 Å². The van der Waals surface area contributed by atoms with Crippen LogP contribution >= 0.6 is 0 Å². The van der Waals surface area contributed by atoms with Gasteiger partial charge in [-0.05, 0) is 24.6 Å². The van der Waals surface area contributed by atoms with Crippen molar-refractivity contribution in [3.8, 4) is 5.75 Å². The third-order valence-electron chi connectivity index (χ3n) is 4.26. The Kier molecular flexibility index (Phi) is 6.99. The topological polar surface area (TPSA) is 67.4 Å². The van der Waals surface area contributed by atoms with Gasteiger partial charge in [-0.15, -0.1) is 0 Å². The first kappa shape index (κ1) is 21.2. The average molecular weight is 380 g/mol. The largest absolute Gasteiger partial charge is 0.496 e. The second-order valence-corrected chi connectivity index (χ2v) is 7.61. The lowest BCUT2D eigenvalue weighted by Gasteiger charge is -2.21. The molecule has 1 atom stereocenters. The SMILES string of the molecule is COc1ccccc1/C=C(\NC(=O)C(C)(C)C)C(=O)NC(C)c1ccccc1. The number of hydrogen-bond acceptors (Lipinski definition) is 3. The Morgan fingerprint density at radius 2 is 1.61 bits per heavy atom. The van der Waals surface area contributed by atoms with Gasteiger partial charge in [-0.2, -0.15) is 0 Å². The maximum atomic E-state index is 13.0. The lowest BCUT2D eigenvalue weighted by atomic mass is 9.95. The second-order valence-electron chi connectivity index (χ2n) is 7.61. The number of carbonyl (C=O) groups excluding carboxylic acids is 2. The lowest BCUT2D eigenvalue weighted by molar-refractivity contribution is -0.129. The van der Waals surface area contributed by atoms with Gasteiger partial charge in [0, 0.05) is 11.0 Å². The fourth-order valence-corrected chi connectivity index (χ4v) is 2.51. The van der Waals surface area contributed by atoms with E-state index in [1.165, 1.54) is 0 Å². The fourth-order valence-electron chi connectivity index (χ4n) is 2.51. The number of rotatable bonds is 6. The highest BCUT2D eigenvalue weighted by Gasteiger charge is 2.25. The van der Waals surface area contributed by atoms with Gasteiger partial charge >= 0.3 is 0 Å². The monoisotopic (exact) mass is 380 g/mol. The van der Waals surface area contributed by atoms with Crippen molar-refractivity contribution in [2.24, 2.45) is 5.41 Å². The fraction of sp³-hybridized carbons (Fsp3) is 0.304. The molecule has 2 rings (SSSR count). The second kappa shape index (κ2) is 9.22. The van der Waals surface area contributed by atoms with Crippen molar-refractivity contribution >= 4 is 17.9 Å². The van der Waals surface area contributed by atoms with Crippen LogP contribution in [0.1, 0.15) is 44.9 Å². The summed E-state index contributed by atoms with van der Waals surface area (Å²) in [6, 6.07) is 16.8. The molecule has 2 N–H and O–H groups in total. The van der Waals surface area contributed by atoms with E-state index in [1.807, 2.05) is 55.5 Å². The molecule has 28 heavy (non-hydrogen) atoms. The predicted molar refractivity (Wildman–Crippen MR) is 112 cm³/mol. The highest BCUT2D eigenvalue weighted by molar-refractivity contribution is 6.02. The molecule has 0 aromatic heterocycles. The number of ether oxygens (including phenoxy) is 1. The van der Waals surface area contributed by atoms with E-state index in [2.05, 4.69) is 10.6 Å². The summed E-state index contributed by atoms with van der Waals surface area (Å²) in [6.45, 7) is 7.30. The summed E-state index contributed by atoms with van der Waals surface area (Å²) in [7, 11) is 1.57. The van der Waals surface area contributed by atoms with Crippen LogP contribution in [0.4, 0.5) is 0 Å². The van der Waals surface area contributed by atoms with Crippen LogP contribution < -0.4 is 15.4 Å². The summed E-state index contributed by atoms with van der Waals surface area (Å²) in [4.78, 5) is 25.5. The molecule has 148 valence electrons. The number of para-hydroxylation sites is 1. The van der Waals surface area contributed by atoms with Gasteiger partial charge in [0.15, 0.2) is 0 Å².